The van der Waals surface area contributed by atoms with E-state index in [4.69, 9.17) is 4.42 Å². The van der Waals surface area contributed by atoms with Crippen LogP contribution in [0.2, 0.25) is 0 Å². The maximum absolute atomic E-state index is 12.4. The number of hydrogen-bond donors (Lipinski definition) is 1. The molecule has 0 amide bonds. The molecule has 0 spiro atoms. The van der Waals surface area contributed by atoms with E-state index in [0.29, 0.717) is 22.1 Å². The van der Waals surface area contributed by atoms with Crippen LogP contribution in [0.15, 0.2) is 57.9 Å². The van der Waals surface area contributed by atoms with Crippen LogP contribution in [0, 0.1) is 6.92 Å². The molecular weight excluding hydrogens is 240 g/mol. The number of hydrogen-bond acceptors (Lipinski definition) is 3. The van der Waals surface area contributed by atoms with Gasteiger partial charge in [-0.15, -0.1) is 0 Å². The van der Waals surface area contributed by atoms with Crippen LogP contribution in [-0.4, -0.2) is 5.11 Å². The quantitative estimate of drug-likeness (QED) is 0.721. The first-order valence-electron chi connectivity index (χ1n) is 5.97. The van der Waals surface area contributed by atoms with Crippen LogP contribution in [0.5, 0.6) is 5.75 Å². The summed E-state index contributed by atoms with van der Waals surface area (Å²) < 4.78 is 5.50. The zero-order valence-electron chi connectivity index (χ0n) is 10.4. The van der Waals surface area contributed by atoms with Gasteiger partial charge in [-0.2, -0.15) is 0 Å². The Bertz CT molecular complexity index is 801. The molecule has 3 heteroatoms. The number of aromatic hydroxyl groups is 1. The summed E-state index contributed by atoms with van der Waals surface area (Å²) >= 11 is 0. The molecule has 0 aliphatic rings. The predicted octanol–water partition coefficient (Wildman–Crippen LogP) is 3.47. The van der Waals surface area contributed by atoms with Gasteiger partial charge in [0.15, 0.2) is 0 Å². The molecule has 0 saturated heterocycles. The lowest BCUT2D eigenvalue weighted by molar-refractivity contribution is 0.471. The van der Waals surface area contributed by atoms with Gasteiger partial charge in [0.05, 0.1) is 10.9 Å². The van der Waals surface area contributed by atoms with Crippen molar-refractivity contribution in [3.05, 3.63) is 64.5 Å². The van der Waals surface area contributed by atoms with Crippen LogP contribution in [-0.2, 0) is 0 Å². The first kappa shape index (κ1) is 11.5. The number of aryl methyl sites for hydroxylation is 1. The fourth-order valence-electron chi connectivity index (χ4n) is 2.08. The summed E-state index contributed by atoms with van der Waals surface area (Å²) in [5.41, 5.74) is 2.33. The summed E-state index contributed by atoms with van der Waals surface area (Å²) in [6.07, 6.45) is 1.47. The number of phenolic OH excluding ortho intramolecular Hbond substituents is 1. The molecule has 0 bridgehead atoms. The largest absolute Gasteiger partial charge is 0.508 e. The van der Waals surface area contributed by atoms with Gasteiger partial charge in [-0.05, 0) is 30.2 Å². The zero-order valence-corrected chi connectivity index (χ0v) is 10.4. The SMILES string of the molecule is Cc1cc2occ(-c3ccccc3)c(=O)c2cc1O. The molecule has 0 aliphatic heterocycles. The smallest absolute Gasteiger partial charge is 0.200 e. The van der Waals surface area contributed by atoms with Crippen LogP contribution in [0.25, 0.3) is 22.1 Å². The van der Waals surface area contributed by atoms with Crippen molar-refractivity contribution in [1.82, 2.24) is 0 Å². The number of phenols is 1. The highest BCUT2D eigenvalue weighted by Gasteiger charge is 2.10. The minimum Gasteiger partial charge on any atom is -0.508 e. The van der Waals surface area contributed by atoms with E-state index in [1.165, 1.54) is 12.3 Å². The maximum Gasteiger partial charge on any atom is 0.200 e. The van der Waals surface area contributed by atoms with Crippen molar-refractivity contribution < 1.29 is 9.52 Å². The fourth-order valence-corrected chi connectivity index (χ4v) is 2.08. The van der Waals surface area contributed by atoms with Gasteiger partial charge < -0.3 is 9.52 Å². The molecule has 0 fully saturated rings. The second-order valence-corrected chi connectivity index (χ2v) is 4.48. The average Bonchev–Trinajstić information content (AvgIpc) is 2.42. The molecule has 3 rings (SSSR count). The second kappa shape index (κ2) is 4.28. The third-order valence-corrected chi connectivity index (χ3v) is 3.18. The van der Waals surface area contributed by atoms with Crippen molar-refractivity contribution in [3.8, 4) is 16.9 Å². The summed E-state index contributed by atoms with van der Waals surface area (Å²) in [5, 5.41) is 10.1. The summed E-state index contributed by atoms with van der Waals surface area (Å²) in [6, 6.07) is 12.5. The Labute approximate surface area is 109 Å². The Morgan fingerprint density at radius 2 is 1.84 bits per heavy atom. The molecule has 19 heavy (non-hydrogen) atoms. The number of rotatable bonds is 1. The maximum atomic E-state index is 12.4. The van der Waals surface area contributed by atoms with Crippen LogP contribution in [0.4, 0.5) is 0 Å². The molecule has 2 aromatic carbocycles. The molecular formula is C16H12O3. The van der Waals surface area contributed by atoms with Crippen molar-refractivity contribution in [2.45, 2.75) is 6.92 Å². The monoisotopic (exact) mass is 252 g/mol. The van der Waals surface area contributed by atoms with Crippen molar-refractivity contribution in [2.75, 3.05) is 0 Å². The molecule has 0 saturated carbocycles. The van der Waals surface area contributed by atoms with E-state index >= 15 is 0 Å². The van der Waals surface area contributed by atoms with Crippen molar-refractivity contribution in [3.63, 3.8) is 0 Å². The Morgan fingerprint density at radius 1 is 1.11 bits per heavy atom. The summed E-state index contributed by atoms with van der Waals surface area (Å²) in [7, 11) is 0. The lowest BCUT2D eigenvalue weighted by atomic mass is 10.0. The normalized spacial score (nSPS) is 10.8. The predicted molar refractivity (Wildman–Crippen MR) is 74.3 cm³/mol. The Hall–Kier alpha value is -2.55. The molecule has 3 aromatic rings. The average molecular weight is 252 g/mol. The van der Waals surface area contributed by atoms with Crippen molar-refractivity contribution in [2.24, 2.45) is 0 Å². The second-order valence-electron chi connectivity index (χ2n) is 4.48. The minimum absolute atomic E-state index is 0.102. The molecule has 3 nitrogen and oxygen atoms in total. The van der Waals surface area contributed by atoms with Crippen molar-refractivity contribution in [1.29, 1.82) is 0 Å². The van der Waals surface area contributed by atoms with E-state index < -0.39 is 0 Å². The fraction of sp³-hybridized carbons (Fsp3) is 0.0625. The molecule has 0 radical (unpaired) electrons. The van der Waals surface area contributed by atoms with Gasteiger partial charge in [-0.1, -0.05) is 30.3 Å². The van der Waals surface area contributed by atoms with Gasteiger partial charge in [0.25, 0.3) is 0 Å². The summed E-state index contributed by atoms with van der Waals surface area (Å²) in [5.74, 6) is 0.102. The Morgan fingerprint density at radius 3 is 2.58 bits per heavy atom. The zero-order chi connectivity index (χ0) is 13.4. The van der Waals surface area contributed by atoms with E-state index in [0.717, 1.165) is 5.56 Å². The van der Waals surface area contributed by atoms with Crippen LogP contribution in [0.3, 0.4) is 0 Å². The van der Waals surface area contributed by atoms with E-state index in [-0.39, 0.29) is 11.2 Å². The topological polar surface area (TPSA) is 50.4 Å². The van der Waals surface area contributed by atoms with Gasteiger partial charge in [-0.3, -0.25) is 4.79 Å². The van der Waals surface area contributed by atoms with Gasteiger partial charge in [0.2, 0.25) is 5.43 Å². The van der Waals surface area contributed by atoms with Crippen LogP contribution < -0.4 is 5.43 Å². The van der Waals surface area contributed by atoms with E-state index in [1.807, 2.05) is 30.3 Å². The molecule has 1 heterocycles. The molecule has 0 atom stereocenters. The van der Waals surface area contributed by atoms with Gasteiger partial charge in [0.1, 0.15) is 17.6 Å². The highest BCUT2D eigenvalue weighted by Crippen LogP contribution is 2.25. The van der Waals surface area contributed by atoms with Crippen molar-refractivity contribution >= 4 is 11.0 Å². The molecule has 0 aliphatic carbocycles. The van der Waals surface area contributed by atoms with Crippen LogP contribution in [0.1, 0.15) is 5.56 Å². The van der Waals surface area contributed by atoms with E-state index in [2.05, 4.69) is 0 Å². The Kier molecular flexibility index (Phi) is 2.60. The number of fused-ring (bicyclic) bond motifs is 1. The third-order valence-electron chi connectivity index (χ3n) is 3.18. The molecule has 1 N–H and O–H groups in total. The third kappa shape index (κ3) is 1.89. The number of benzene rings is 2. The molecule has 1 aromatic heterocycles. The lowest BCUT2D eigenvalue weighted by Gasteiger charge is -2.04. The lowest BCUT2D eigenvalue weighted by Crippen LogP contribution is -2.04. The van der Waals surface area contributed by atoms with E-state index in [1.54, 1.807) is 13.0 Å². The highest BCUT2D eigenvalue weighted by atomic mass is 16.3. The summed E-state index contributed by atoms with van der Waals surface area (Å²) in [4.78, 5) is 12.4. The first-order chi connectivity index (χ1) is 9.16. The van der Waals surface area contributed by atoms with Gasteiger partial charge >= 0.3 is 0 Å². The summed E-state index contributed by atoms with van der Waals surface area (Å²) in [6.45, 7) is 1.76. The highest BCUT2D eigenvalue weighted by molar-refractivity contribution is 5.83. The first-order valence-corrected chi connectivity index (χ1v) is 5.97. The van der Waals surface area contributed by atoms with Crippen LogP contribution >= 0.6 is 0 Å². The molecule has 0 unspecified atom stereocenters. The van der Waals surface area contributed by atoms with Gasteiger partial charge in [0, 0.05) is 0 Å². The van der Waals surface area contributed by atoms with E-state index in [9.17, 15) is 9.90 Å². The molecule has 94 valence electrons. The standard InChI is InChI=1S/C16H12O3/c1-10-7-15-12(8-14(10)17)16(18)13(9-19-15)11-5-3-2-4-6-11/h2-9,17H,1H3. The Balaban J connectivity index is 2.33. The minimum atomic E-state index is -0.136. The van der Waals surface area contributed by atoms with Gasteiger partial charge in [-0.25, -0.2) is 0 Å².